The molecule has 2 rings (SSSR count). The highest BCUT2D eigenvalue weighted by Gasteiger charge is 2.16. The van der Waals surface area contributed by atoms with Gasteiger partial charge in [0.15, 0.2) is 0 Å². The molecule has 2 heterocycles. The summed E-state index contributed by atoms with van der Waals surface area (Å²) < 4.78 is 2.72. The maximum absolute atomic E-state index is 12.0. The number of thiophene rings is 2. The largest absolute Gasteiger partial charge is 0.288 e. The topological polar surface area (TPSA) is 17.1 Å². The minimum Gasteiger partial charge on any atom is -0.288 e. The minimum atomic E-state index is 0.0551. The summed E-state index contributed by atoms with van der Waals surface area (Å²) in [6, 6.07) is 1.83. The summed E-state index contributed by atoms with van der Waals surface area (Å²) in [6.45, 7) is 0. The average molecular weight is 431 g/mol. The first kappa shape index (κ1) is 12.0. The van der Waals surface area contributed by atoms with Crippen LogP contribution in [0, 0.1) is 0 Å². The fourth-order valence-corrected chi connectivity index (χ4v) is 4.48. The van der Waals surface area contributed by atoms with Crippen LogP contribution in [-0.2, 0) is 0 Å². The summed E-state index contributed by atoms with van der Waals surface area (Å²) >= 11 is 13.1. The molecule has 0 spiro atoms. The van der Waals surface area contributed by atoms with E-state index in [9.17, 15) is 4.79 Å². The molecule has 0 aliphatic carbocycles. The lowest BCUT2D eigenvalue weighted by Gasteiger charge is -1.93. The van der Waals surface area contributed by atoms with Gasteiger partial charge in [-0.1, -0.05) is 0 Å². The van der Waals surface area contributed by atoms with Crippen molar-refractivity contribution in [3.63, 3.8) is 0 Å². The Morgan fingerprint density at radius 2 is 1.87 bits per heavy atom. The van der Waals surface area contributed by atoms with Crippen LogP contribution in [0.2, 0.25) is 0 Å². The highest BCUT2D eigenvalue weighted by molar-refractivity contribution is 9.13. The molecule has 1 nitrogen and oxygen atoms in total. The third kappa shape index (κ3) is 2.44. The predicted molar refractivity (Wildman–Crippen MR) is 75.2 cm³/mol. The zero-order chi connectivity index (χ0) is 11.0. The molecule has 6 heteroatoms. The van der Waals surface area contributed by atoms with Crippen LogP contribution in [-0.4, -0.2) is 5.78 Å². The van der Waals surface area contributed by atoms with E-state index in [2.05, 4.69) is 47.8 Å². The minimum absolute atomic E-state index is 0.0551. The molecule has 0 atom stereocenters. The lowest BCUT2D eigenvalue weighted by Crippen LogP contribution is -1.96. The second-order valence-electron chi connectivity index (χ2n) is 2.69. The third-order valence-electron chi connectivity index (χ3n) is 1.73. The first-order valence-electron chi connectivity index (χ1n) is 3.81. The number of carbonyl (C=O) groups excluding carboxylic acids is 1. The van der Waals surface area contributed by atoms with Crippen LogP contribution in [0.25, 0.3) is 0 Å². The standard InChI is InChI=1S/C9H3Br3OS2/c10-5-1-7(15-9(5)12)8(13)4-2-14-3-6(4)11/h1-3H. The van der Waals surface area contributed by atoms with Gasteiger partial charge in [-0.25, -0.2) is 0 Å². The van der Waals surface area contributed by atoms with Crippen LogP contribution in [0.1, 0.15) is 15.2 Å². The van der Waals surface area contributed by atoms with E-state index in [1.165, 1.54) is 22.7 Å². The summed E-state index contributed by atoms with van der Waals surface area (Å²) in [5, 5.41) is 3.76. The Labute approximate surface area is 120 Å². The Balaban J connectivity index is 2.41. The Hall–Kier alpha value is 0.510. The lowest BCUT2D eigenvalue weighted by molar-refractivity contribution is 0.104. The van der Waals surface area contributed by atoms with E-state index in [0.717, 1.165) is 23.2 Å². The van der Waals surface area contributed by atoms with Gasteiger partial charge >= 0.3 is 0 Å². The van der Waals surface area contributed by atoms with Gasteiger partial charge in [0.05, 0.1) is 8.66 Å². The quantitative estimate of drug-likeness (QED) is 0.588. The van der Waals surface area contributed by atoms with E-state index in [-0.39, 0.29) is 5.78 Å². The van der Waals surface area contributed by atoms with Gasteiger partial charge in [-0.3, -0.25) is 4.79 Å². The molecular formula is C9H3Br3OS2. The highest BCUT2D eigenvalue weighted by atomic mass is 79.9. The first-order chi connectivity index (χ1) is 7.09. The van der Waals surface area contributed by atoms with Crippen molar-refractivity contribution in [2.45, 2.75) is 0 Å². The molecule has 0 N–H and O–H groups in total. The van der Waals surface area contributed by atoms with Gasteiger partial charge in [0, 0.05) is 25.3 Å². The summed E-state index contributed by atoms with van der Waals surface area (Å²) in [6.07, 6.45) is 0. The zero-order valence-electron chi connectivity index (χ0n) is 7.09. The highest BCUT2D eigenvalue weighted by Crippen LogP contribution is 2.34. The first-order valence-corrected chi connectivity index (χ1v) is 7.94. The number of rotatable bonds is 2. The molecule has 15 heavy (non-hydrogen) atoms. The second kappa shape index (κ2) is 4.79. The van der Waals surface area contributed by atoms with E-state index in [1.54, 1.807) is 0 Å². The summed E-state index contributed by atoms with van der Waals surface area (Å²) in [5.41, 5.74) is 0.723. The van der Waals surface area contributed by atoms with E-state index in [1.807, 2.05) is 16.8 Å². The fraction of sp³-hybridized carbons (Fsp3) is 0. The third-order valence-corrected chi connectivity index (χ3v) is 6.69. The maximum atomic E-state index is 12.0. The van der Waals surface area contributed by atoms with Crippen molar-refractivity contribution in [2.24, 2.45) is 0 Å². The SMILES string of the molecule is O=C(c1cc(Br)c(Br)s1)c1cscc1Br. The van der Waals surface area contributed by atoms with Crippen molar-refractivity contribution in [3.05, 3.63) is 40.0 Å². The summed E-state index contributed by atoms with van der Waals surface area (Å²) in [4.78, 5) is 12.8. The molecule has 0 aromatic carbocycles. The molecule has 0 aliphatic rings. The van der Waals surface area contributed by atoms with Crippen molar-refractivity contribution in [2.75, 3.05) is 0 Å². The van der Waals surface area contributed by atoms with Crippen molar-refractivity contribution in [3.8, 4) is 0 Å². The smallest absolute Gasteiger partial charge is 0.204 e. The Bertz CT molecular complexity index is 496. The van der Waals surface area contributed by atoms with E-state index >= 15 is 0 Å². The van der Waals surface area contributed by atoms with Crippen LogP contribution in [0.4, 0.5) is 0 Å². The predicted octanol–water partition coefficient (Wildman–Crippen LogP) is 5.33. The number of ketones is 1. The van der Waals surface area contributed by atoms with Gasteiger partial charge < -0.3 is 0 Å². The molecule has 0 unspecified atom stereocenters. The average Bonchev–Trinajstić information content (AvgIpc) is 2.74. The van der Waals surface area contributed by atoms with E-state index in [0.29, 0.717) is 0 Å². The molecule has 2 aromatic heterocycles. The van der Waals surface area contributed by atoms with Crippen molar-refractivity contribution in [1.29, 1.82) is 0 Å². The number of hydrogen-bond donors (Lipinski definition) is 0. The maximum Gasteiger partial charge on any atom is 0.204 e. The van der Waals surface area contributed by atoms with E-state index < -0.39 is 0 Å². The van der Waals surface area contributed by atoms with Crippen molar-refractivity contribution in [1.82, 2.24) is 0 Å². The number of carbonyl (C=O) groups is 1. The zero-order valence-corrected chi connectivity index (χ0v) is 13.5. The molecule has 0 saturated heterocycles. The Kier molecular flexibility index (Phi) is 3.83. The summed E-state index contributed by atoms with van der Waals surface area (Å²) in [5.74, 6) is 0.0551. The number of halogens is 3. The van der Waals surface area contributed by atoms with Crippen molar-refractivity contribution < 1.29 is 4.79 Å². The van der Waals surface area contributed by atoms with Crippen molar-refractivity contribution >= 4 is 76.2 Å². The molecule has 0 aliphatic heterocycles. The molecule has 0 saturated carbocycles. The molecular weight excluding hydrogens is 428 g/mol. The van der Waals surface area contributed by atoms with Crippen LogP contribution < -0.4 is 0 Å². The molecule has 0 fully saturated rings. The normalized spacial score (nSPS) is 10.6. The van der Waals surface area contributed by atoms with Crippen LogP contribution in [0.15, 0.2) is 29.6 Å². The van der Waals surface area contributed by atoms with Gasteiger partial charge in [0.2, 0.25) is 5.78 Å². The number of hydrogen-bond acceptors (Lipinski definition) is 3. The summed E-state index contributed by atoms with van der Waals surface area (Å²) in [7, 11) is 0. The molecule has 2 aromatic rings. The molecule has 0 bridgehead atoms. The lowest BCUT2D eigenvalue weighted by atomic mass is 10.2. The fourth-order valence-electron chi connectivity index (χ4n) is 1.03. The van der Waals surface area contributed by atoms with Crippen LogP contribution in [0.3, 0.4) is 0 Å². The monoisotopic (exact) mass is 428 g/mol. The Morgan fingerprint density at radius 3 is 2.33 bits per heavy atom. The van der Waals surface area contributed by atoms with Gasteiger partial charge in [0.25, 0.3) is 0 Å². The van der Waals surface area contributed by atoms with Gasteiger partial charge in [-0.05, 0) is 53.9 Å². The van der Waals surface area contributed by atoms with E-state index in [4.69, 9.17) is 0 Å². The van der Waals surface area contributed by atoms with Gasteiger partial charge in [0.1, 0.15) is 0 Å². The van der Waals surface area contributed by atoms with Gasteiger partial charge in [-0.2, -0.15) is 11.3 Å². The molecule has 0 amide bonds. The Morgan fingerprint density at radius 1 is 1.13 bits per heavy atom. The molecule has 78 valence electrons. The van der Waals surface area contributed by atoms with Crippen LogP contribution >= 0.6 is 70.5 Å². The van der Waals surface area contributed by atoms with Crippen LogP contribution in [0.5, 0.6) is 0 Å². The molecule has 0 radical (unpaired) electrons. The second-order valence-corrected chi connectivity index (χ2v) is 7.52. The van der Waals surface area contributed by atoms with Gasteiger partial charge in [-0.15, -0.1) is 11.3 Å².